The average molecular weight is 293 g/mol. The van der Waals surface area contributed by atoms with Crippen molar-refractivity contribution in [1.29, 1.82) is 0 Å². The standard InChI is InChI=1S/C11H13ClO5S/c1-6(2)7-4-9(17-3)8(11(13)14)5-10(7)18(12,15)16/h4-6H,1-3H3,(H,13,14). The number of methoxy groups -OCH3 is 1. The van der Waals surface area contributed by atoms with E-state index < -0.39 is 15.0 Å². The Morgan fingerprint density at radius 2 is 1.94 bits per heavy atom. The maximum absolute atomic E-state index is 11.5. The summed E-state index contributed by atoms with van der Waals surface area (Å²) >= 11 is 0. The molecule has 0 saturated carbocycles. The topological polar surface area (TPSA) is 80.7 Å². The highest BCUT2D eigenvalue weighted by Gasteiger charge is 2.23. The molecule has 0 unspecified atom stereocenters. The highest BCUT2D eigenvalue weighted by molar-refractivity contribution is 8.13. The van der Waals surface area contributed by atoms with E-state index in [2.05, 4.69) is 0 Å². The molecule has 0 saturated heterocycles. The van der Waals surface area contributed by atoms with Gasteiger partial charge in [-0.1, -0.05) is 13.8 Å². The molecular weight excluding hydrogens is 280 g/mol. The molecule has 1 rings (SSSR count). The lowest BCUT2D eigenvalue weighted by atomic mass is 10.0. The SMILES string of the molecule is COc1cc(C(C)C)c(S(=O)(=O)Cl)cc1C(=O)O. The third kappa shape index (κ3) is 2.94. The third-order valence-corrected chi connectivity index (χ3v) is 3.82. The molecule has 0 bridgehead atoms. The summed E-state index contributed by atoms with van der Waals surface area (Å²) in [6.45, 7) is 3.56. The molecule has 1 aromatic rings. The number of hydrogen-bond donors (Lipinski definition) is 1. The van der Waals surface area contributed by atoms with E-state index in [1.807, 2.05) is 0 Å². The van der Waals surface area contributed by atoms with E-state index in [1.165, 1.54) is 13.2 Å². The van der Waals surface area contributed by atoms with Crippen LogP contribution in [0.25, 0.3) is 0 Å². The molecule has 1 N–H and O–H groups in total. The summed E-state index contributed by atoms with van der Waals surface area (Å²) in [7, 11) is 2.63. The van der Waals surface area contributed by atoms with E-state index in [0.717, 1.165) is 6.07 Å². The zero-order valence-corrected chi connectivity index (χ0v) is 11.7. The summed E-state index contributed by atoms with van der Waals surface area (Å²) in [6, 6.07) is 2.42. The number of halogens is 1. The first-order chi connectivity index (χ1) is 8.18. The highest BCUT2D eigenvalue weighted by atomic mass is 35.7. The van der Waals surface area contributed by atoms with E-state index in [-0.39, 0.29) is 22.1 Å². The minimum Gasteiger partial charge on any atom is -0.496 e. The van der Waals surface area contributed by atoms with Crippen LogP contribution in [0.5, 0.6) is 5.75 Å². The number of benzene rings is 1. The second-order valence-electron chi connectivity index (χ2n) is 3.99. The van der Waals surface area contributed by atoms with Gasteiger partial charge in [0.25, 0.3) is 9.05 Å². The first-order valence-electron chi connectivity index (χ1n) is 5.08. The van der Waals surface area contributed by atoms with Gasteiger partial charge in [-0.25, -0.2) is 13.2 Å². The molecule has 0 fully saturated rings. The van der Waals surface area contributed by atoms with Gasteiger partial charge >= 0.3 is 5.97 Å². The van der Waals surface area contributed by atoms with Gasteiger partial charge in [-0.15, -0.1) is 0 Å². The fourth-order valence-electron chi connectivity index (χ4n) is 1.57. The van der Waals surface area contributed by atoms with Gasteiger partial charge in [0.2, 0.25) is 0 Å². The van der Waals surface area contributed by atoms with Gasteiger partial charge in [-0.2, -0.15) is 0 Å². The third-order valence-electron chi connectivity index (χ3n) is 2.45. The summed E-state index contributed by atoms with van der Waals surface area (Å²) in [5, 5.41) is 9.00. The van der Waals surface area contributed by atoms with Gasteiger partial charge in [0.1, 0.15) is 11.3 Å². The number of carbonyl (C=O) groups is 1. The monoisotopic (exact) mass is 292 g/mol. The lowest BCUT2D eigenvalue weighted by Crippen LogP contribution is -2.07. The second-order valence-corrected chi connectivity index (χ2v) is 6.52. The van der Waals surface area contributed by atoms with Crippen molar-refractivity contribution >= 4 is 25.7 Å². The summed E-state index contributed by atoms with van der Waals surface area (Å²) in [4.78, 5) is 10.8. The molecule has 0 amide bonds. The van der Waals surface area contributed by atoms with Crippen LogP contribution in [0.4, 0.5) is 0 Å². The second kappa shape index (κ2) is 5.16. The number of carboxylic acids is 1. The van der Waals surface area contributed by atoms with E-state index in [1.54, 1.807) is 13.8 Å². The van der Waals surface area contributed by atoms with Gasteiger partial charge in [-0.3, -0.25) is 0 Å². The number of carboxylic acid groups (broad SMARTS) is 1. The molecule has 0 aromatic heterocycles. The van der Waals surface area contributed by atoms with Gasteiger partial charge in [0.15, 0.2) is 0 Å². The van der Waals surface area contributed by atoms with Gasteiger partial charge in [-0.05, 0) is 23.6 Å². The van der Waals surface area contributed by atoms with Crippen molar-refractivity contribution in [1.82, 2.24) is 0 Å². The van der Waals surface area contributed by atoms with Gasteiger partial charge < -0.3 is 9.84 Å². The molecule has 100 valence electrons. The number of hydrogen-bond acceptors (Lipinski definition) is 4. The Hall–Kier alpha value is -1.27. The lowest BCUT2D eigenvalue weighted by Gasteiger charge is -2.14. The minimum atomic E-state index is -4.01. The molecule has 0 atom stereocenters. The number of aromatic carboxylic acids is 1. The predicted octanol–water partition coefficient (Wildman–Crippen LogP) is 2.44. The fraction of sp³-hybridized carbons (Fsp3) is 0.364. The van der Waals surface area contributed by atoms with Crippen molar-refractivity contribution in [2.24, 2.45) is 0 Å². The highest BCUT2D eigenvalue weighted by Crippen LogP contribution is 2.33. The molecule has 18 heavy (non-hydrogen) atoms. The zero-order chi connectivity index (χ0) is 14.1. The first kappa shape index (κ1) is 14.8. The Morgan fingerprint density at radius 3 is 2.28 bits per heavy atom. The Labute approximate surface area is 110 Å². The number of ether oxygens (including phenoxy) is 1. The first-order valence-corrected chi connectivity index (χ1v) is 7.39. The fourth-order valence-corrected chi connectivity index (χ4v) is 2.81. The van der Waals surface area contributed by atoms with Gasteiger partial charge in [0.05, 0.1) is 12.0 Å². The summed E-state index contributed by atoms with van der Waals surface area (Å²) in [5.41, 5.74) is 0.188. The lowest BCUT2D eigenvalue weighted by molar-refractivity contribution is 0.0693. The molecule has 7 heteroatoms. The zero-order valence-electron chi connectivity index (χ0n) is 10.1. The van der Waals surface area contributed by atoms with E-state index in [4.69, 9.17) is 20.5 Å². The van der Waals surface area contributed by atoms with Crippen molar-refractivity contribution in [2.75, 3.05) is 7.11 Å². The molecule has 0 heterocycles. The van der Waals surface area contributed by atoms with Crippen LogP contribution in [0, 0.1) is 0 Å². The van der Waals surface area contributed by atoms with Crippen LogP contribution in [0.2, 0.25) is 0 Å². The molecular formula is C11H13ClO5S. The molecule has 0 spiro atoms. The Bertz CT molecular complexity index is 577. The van der Waals surface area contributed by atoms with E-state index in [9.17, 15) is 13.2 Å². The van der Waals surface area contributed by atoms with Crippen LogP contribution in [0.15, 0.2) is 17.0 Å². The Balaban J connectivity index is 3.69. The smallest absolute Gasteiger partial charge is 0.339 e. The van der Waals surface area contributed by atoms with Gasteiger partial charge in [0, 0.05) is 10.7 Å². The largest absolute Gasteiger partial charge is 0.496 e. The summed E-state index contributed by atoms with van der Waals surface area (Å²) in [6.07, 6.45) is 0. The van der Waals surface area contributed by atoms with Crippen molar-refractivity contribution in [2.45, 2.75) is 24.7 Å². The summed E-state index contributed by atoms with van der Waals surface area (Å²) in [5.74, 6) is -1.30. The van der Waals surface area contributed by atoms with Crippen LogP contribution in [-0.4, -0.2) is 26.6 Å². The molecule has 0 radical (unpaired) electrons. The minimum absolute atomic E-state index is 0.107. The summed E-state index contributed by atoms with van der Waals surface area (Å²) < 4.78 is 27.9. The predicted molar refractivity (Wildman–Crippen MR) is 67.1 cm³/mol. The molecule has 0 aliphatic rings. The Kier molecular flexibility index (Phi) is 4.24. The maximum atomic E-state index is 11.5. The molecule has 5 nitrogen and oxygen atoms in total. The van der Waals surface area contributed by atoms with Crippen LogP contribution in [0.3, 0.4) is 0 Å². The van der Waals surface area contributed by atoms with E-state index in [0.29, 0.717) is 5.56 Å². The Morgan fingerprint density at radius 1 is 1.39 bits per heavy atom. The van der Waals surface area contributed by atoms with Crippen LogP contribution < -0.4 is 4.74 Å². The van der Waals surface area contributed by atoms with Crippen LogP contribution in [-0.2, 0) is 9.05 Å². The quantitative estimate of drug-likeness (QED) is 0.862. The normalized spacial score (nSPS) is 11.6. The van der Waals surface area contributed by atoms with Crippen molar-refractivity contribution in [3.63, 3.8) is 0 Å². The average Bonchev–Trinajstić information content (AvgIpc) is 2.25. The van der Waals surface area contributed by atoms with E-state index >= 15 is 0 Å². The molecule has 0 aliphatic heterocycles. The number of rotatable bonds is 4. The molecule has 1 aromatic carbocycles. The van der Waals surface area contributed by atoms with Crippen LogP contribution >= 0.6 is 10.7 Å². The van der Waals surface area contributed by atoms with Crippen LogP contribution in [0.1, 0.15) is 35.7 Å². The maximum Gasteiger partial charge on any atom is 0.339 e. The van der Waals surface area contributed by atoms with Crippen molar-refractivity contribution < 1.29 is 23.1 Å². The van der Waals surface area contributed by atoms with Crippen molar-refractivity contribution in [3.05, 3.63) is 23.3 Å². The van der Waals surface area contributed by atoms with Crippen molar-refractivity contribution in [3.8, 4) is 5.75 Å². The molecule has 0 aliphatic carbocycles.